The number of nitrogens with one attached hydrogen (secondary N) is 2. The Morgan fingerprint density at radius 3 is 2.50 bits per heavy atom. The summed E-state index contributed by atoms with van der Waals surface area (Å²) in [6.07, 6.45) is 3.37. The van der Waals surface area contributed by atoms with Crippen molar-refractivity contribution >= 4 is 23.3 Å². The summed E-state index contributed by atoms with van der Waals surface area (Å²) in [5.74, 6) is 0.786. The number of hydrogen-bond acceptors (Lipinski definition) is 5. The van der Waals surface area contributed by atoms with Crippen molar-refractivity contribution < 1.29 is 19.2 Å². The van der Waals surface area contributed by atoms with E-state index in [4.69, 9.17) is 4.74 Å². The Morgan fingerprint density at radius 2 is 1.92 bits per heavy atom. The Balaban J connectivity index is 1.53. The molecule has 1 saturated heterocycles. The van der Waals surface area contributed by atoms with Gasteiger partial charge in [-0.15, -0.1) is 0 Å². The molecule has 3 amide bonds. The standard InChI is InChI=1S/C17H22N4O5/c1-26-15-5-4-13(21(24)25)10-14(15)19-17(23)18-12-6-8-20(9-7-12)16(22)11-2-3-11/h4-5,10-12H,2-3,6-9H2,1H3,(H2,18,19,23). The highest BCUT2D eigenvalue weighted by atomic mass is 16.6. The molecule has 1 aromatic rings. The predicted molar refractivity (Wildman–Crippen MR) is 94.1 cm³/mol. The van der Waals surface area contributed by atoms with Crippen LogP contribution >= 0.6 is 0 Å². The highest BCUT2D eigenvalue weighted by molar-refractivity contribution is 5.91. The van der Waals surface area contributed by atoms with Gasteiger partial charge in [-0.1, -0.05) is 0 Å². The Morgan fingerprint density at radius 1 is 1.23 bits per heavy atom. The van der Waals surface area contributed by atoms with Crippen molar-refractivity contribution in [2.75, 3.05) is 25.5 Å². The second-order valence-electron chi connectivity index (χ2n) is 6.61. The van der Waals surface area contributed by atoms with Crippen LogP contribution in [0.2, 0.25) is 0 Å². The second kappa shape index (κ2) is 7.59. The minimum Gasteiger partial charge on any atom is -0.495 e. The number of rotatable bonds is 5. The molecule has 2 aliphatic rings. The molecule has 0 atom stereocenters. The minimum absolute atomic E-state index is 0.0389. The maximum absolute atomic E-state index is 12.2. The molecule has 1 aromatic carbocycles. The summed E-state index contributed by atoms with van der Waals surface area (Å²) in [6, 6.07) is 3.53. The molecule has 3 rings (SSSR count). The number of carbonyl (C=O) groups is 2. The van der Waals surface area contributed by atoms with E-state index in [1.54, 1.807) is 0 Å². The lowest BCUT2D eigenvalue weighted by Gasteiger charge is -2.32. The molecule has 0 spiro atoms. The van der Waals surface area contributed by atoms with Crippen molar-refractivity contribution in [3.63, 3.8) is 0 Å². The molecule has 0 aromatic heterocycles. The third-order valence-electron chi connectivity index (χ3n) is 4.71. The largest absolute Gasteiger partial charge is 0.495 e. The maximum atomic E-state index is 12.2. The van der Waals surface area contributed by atoms with Crippen LogP contribution < -0.4 is 15.4 Å². The number of non-ortho nitro benzene ring substituents is 1. The van der Waals surface area contributed by atoms with Crippen LogP contribution in [0, 0.1) is 16.0 Å². The number of piperidine rings is 1. The predicted octanol–water partition coefficient (Wildman–Crippen LogP) is 2.13. The highest BCUT2D eigenvalue weighted by Crippen LogP contribution is 2.32. The van der Waals surface area contributed by atoms with Gasteiger partial charge in [-0.05, 0) is 31.7 Å². The molecule has 140 valence electrons. The second-order valence-corrected chi connectivity index (χ2v) is 6.61. The molecule has 1 aliphatic heterocycles. The summed E-state index contributed by atoms with van der Waals surface area (Å²) in [5, 5.41) is 16.4. The van der Waals surface area contributed by atoms with Crippen molar-refractivity contribution in [1.82, 2.24) is 10.2 Å². The first-order chi connectivity index (χ1) is 12.5. The van der Waals surface area contributed by atoms with Crippen molar-refractivity contribution in [1.29, 1.82) is 0 Å². The summed E-state index contributed by atoms with van der Waals surface area (Å²) < 4.78 is 5.13. The summed E-state index contributed by atoms with van der Waals surface area (Å²) in [5.41, 5.74) is 0.105. The van der Waals surface area contributed by atoms with Gasteiger partial charge >= 0.3 is 6.03 Å². The maximum Gasteiger partial charge on any atom is 0.319 e. The van der Waals surface area contributed by atoms with Crippen LogP contribution in [0.3, 0.4) is 0 Å². The molecular weight excluding hydrogens is 340 g/mol. The zero-order valence-electron chi connectivity index (χ0n) is 14.6. The summed E-state index contributed by atoms with van der Waals surface area (Å²) in [4.78, 5) is 36.5. The van der Waals surface area contributed by atoms with Gasteiger partial charge in [-0.3, -0.25) is 14.9 Å². The molecule has 9 nitrogen and oxygen atoms in total. The number of urea groups is 1. The molecular formula is C17H22N4O5. The molecule has 1 aliphatic carbocycles. The van der Waals surface area contributed by atoms with Crippen LogP contribution in [-0.2, 0) is 4.79 Å². The van der Waals surface area contributed by atoms with E-state index in [9.17, 15) is 19.7 Å². The Kier molecular flexibility index (Phi) is 5.24. The number of methoxy groups -OCH3 is 1. The molecule has 0 unspecified atom stereocenters. The Labute approximate surface area is 150 Å². The van der Waals surface area contributed by atoms with Crippen LogP contribution in [0.25, 0.3) is 0 Å². The summed E-state index contributed by atoms with van der Waals surface area (Å²) in [7, 11) is 1.43. The van der Waals surface area contributed by atoms with Crippen LogP contribution in [-0.4, -0.2) is 48.0 Å². The number of benzene rings is 1. The zero-order valence-corrected chi connectivity index (χ0v) is 14.6. The van der Waals surface area contributed by atoms with E-state index < -0.39 is 11.0 Å². The smallest absolute Gasteiger partial charge is 0.319 e. The average Bonchev–Trinajstić information content (AvgIpc) is 3.46. The average molecular weight is 362 g/mol. The van der Waals surface area contributed by atoms with Crippen LogP contribution in [0.5, 0.6) is 5.75 Å². The number of likely N-dealkylation sites (tertiary alicyclic amines) is 1. The Bertz CT molecular complexity index is 711. The summed E-state index contributed by atoms with van der Waals surface area (Å²) in [6.45, 7) is 1.28. The molecule has 26 heavy (non-hydrogen) atoms. The zero-order chi connectivity index (χ0) is 18.7. The number of nitrogens with zero attached hydrogens (tertiary/aromatic N) is 2. The van der Waals surface area contributed by atoms with E-state index >= 15 is 0 Å². The number of nitro benzene ring substituents is 1. The van der Waals surface area contributed by atoms with E-state index in [2.05, 4.69) is 10.6 Å². The van der Waals surface area contributed by atoms with Crippen LogP contribution in [0.1, 0.15) is 25.7 Å². The topological polar surface area (TPSA) is 114 Å². The quantitative estimate of drug-likeness (QED) is 0.615. The van der Waals surface area contributed by atoms with Gasteiger partial charge in [0, 0.05) is 37.2 Å². The first kappa shape index (κ1) is 18.0. The molecule has 1 heterocycles. The number of ether oxygens (including phenoxy) is 1. The molecule has 9 heteroatoms. The van der Waals surface area contributed by atoms with E-state index in [1.807, 2.05) is 4.90 Å². The fourth-order valence-electron chi connectivity index (χ4n) is 3.08. The lowest BCUT2D eigenvalue weighted by Crippen LogP contribution is -2.47. The first-order valence-corrected chi connectivity index (χ1v) is 8.66. The van der Waals surface area contributed by atoms with Crippen molar-refractivity contribution in [3.05, 3.63) is 28.3 Å². The minimum atomic E-state index is -0.533. The van der Waals surface area contributed by atoms with Gasteiger partial charge in [-0.25, -0.2) is 4.79 Å². The molecule has 2 N–H and O–H groups in total. The van der Waals surface area contributed by atoms with E-state index in [0.717, 1.165) is 12.8 Å². The van der Waals surface area contributed by atoms with Gasteiger partial charge in [0.05, 0.1) is 17.7 Å². The lowest BCUT2D eigenvalue weighted by atomic mass is 10.0. The number of amides is 3. The van der Waals surface area contributed by atoms with Crippen molar-refractivity contribution in [2.45, 2.75) is 31.7 Å². The van der Waals surface area contributed by atoms with Crippen LogP contribution in [0.15, 0.2) is 18.2 Å². The first-order valence-electron chi connectivity index (χ1n) is 8.66. The third-order valence-corrected chi connectivity index (χ3v) is 4.71. The monoisotopic (exact) mass is 362 g/mol. The van der Waals surface area contributed by atoms with Crippen molar-refractivity contribution in [3.8, 4) is 5.75 Å². The Hall–Kier alpha value is -2.84. The van der Waals surface area contributed by atoms with Gasteiger partial charge in [-0.2, -0.15) is 0 Å². The fourth-order valence-corrected chi connectivity index (χ4v) is 3.08. The van der Waals surface area contributed by atoms with E-state index in [-0.39, 0.29) is 29.2 Å². The van der Waals surface area contributed by atoms with E-state index in [1.165, 1.54) is 25.3 Å². The highest BCUT2D eigenvalue weighted by Gasteiger charge is 2.35. The molecule has 1 saturated carbocycles. The van der Waals surface area contributed by atoms with Crippen LogP contribution in [0.4, 0.5) is 16.2 Å². The van der Waals surface area contributed by atoms with Gasteiger partial charge in [0.1, 0.15) is 5.75 Å². The van der Waals surface area contributed by atoms with E-state index in [0.29, 0.717) is 31.7 Å². The number of hydrogen-bond donors (Lipinski definition) is 2. The van der Waals surface area contributed by atoms with Gasteiger partial charge in [0.2, 0.25) is 5.91 Å². The normalized spacial score (nSPS) is 17.5. The van der Waals surface area contributed by atoms with Gasteiger partial charge < -0.3 is 20.3 Å². The SMILES string of the molecule is COc1ccc([N+](=O)[O-])cc1NC(=O)NC1CCN(C(=O)C2CC2)CC1. The number of nitro groups is 1. The van der Waals surface area contributed by atoms with Crippen molar-refractivity contribution in [2.24, 2.45) is 5.92 Å². The third kappa shape index (κ3) is 4.22. The molecule has 2 fully saturated rings. The molecule has 0 radical (unpaired) electrons. The lowest BCUT2D eigenvalue weighted by molar-refractivity contribution is -0.384. The van der Waals surface area contributed by atoms with Gasteiger partial charge in [0.25, 0.3) is 5.69 Å². The number of carbonyl (C=O) groups excluding carboxylic acids is 2. The summed E-state index contributed by atoms with van der Waals surface area (Å²) >= 11 is 0. The number of anilines is 1. The van der Waals surface area contributed by atoms with Gasteiger partial charge in [0.15, 0.2) is 0 Å². The fraction of sp³-hybridized carbons (Fsp3) is 0.529. The molecule has 0 bridgehead atoms.